The van der Waals surface area contributed by atoms with E-state index in [2.05, 4.69) is 0 Å². The summed E-state index contributed by atoms with van der Waals surface area (Å²) < 4.78 is 0. The third-order valence-electron chi connectivity index (χ3n) is 2.90. The predicted molar refractivity (Wildman–Crippen MR) is 80.2 cm³/mol. The molecule has 18 heavy (non-hydrogen) atoms. The van der Waals surface area contributed by atoms with Gasteiger partial charge in [0.1, 0.15) is 4.99 Å². The second-order valence-electron chi connectivity index (χ2n) is 4.20. The van der Waals surface area contributed by atoms with Gasteiger partial charge in [0.2, 0.25) is 0 Å². The number of amides is 1. The number of benzene rings is 1. The van der Waals surface area contributed by atoms with Crippen molar-refractivity contribution in [2.75, 3.05) is 24.6 Å². The molecule has 1 heterocycles. The molecule has 0 saturated carbocycles. The number of nitrogens with zero attached hydrogens (tertiary/aromatic N) is 1. The summed E-state index contributed by atoms with van der Waals surface area (Å²) in [4.78, 5) is 14.6. The predicted octanol–water partition coefficient (Wildman–Crippen LogP) is 1.90. The van der Waals surface area contributed by atoms with Crippen molar-refractivity contribution in [1.29, 1.82) is 0 Å². The third-order valence-corrected chi connectivity index (χ3v) is 4.19. The van der Waals surface area contributed by atoms with Gasteiger partial charge in [-0.05, 0) is 24.3 Å². The minimum absolute atomic E-state index is 0.0793. The molecule has 3 nitrogen and oxygen atoms in total. The zero-order chi connectivity index (χ0) is 13.0. The van der Waals surface area contributed by atoms with Crippen LogP contribution in [0.15, 0.2) is 24.3 Å². The van der Waals surface area contributed by atoms with Crippen LogP contribution in [-0.4, -0.2) is 40.4 Å². The average molecular weight is 280 g/mol. The number of thioether (sulfide) groups is 1. The molecule has 5 heteroatoms. The standard InChI is InChI=1S/C13H16N2OS2/c14-12(17)10-3-1-4-11(9-10)13(16)15-5-2-7-18-8-6-15/h1,3-4,9H,2,5-8H2,(H2,14,17). The lowest BCUT2D eigenvalue weighted by Gasteiger charge is -2.20. The lowest BCUT2D eigenvalue weighted by atomic mass is 10.1. The van der Waals surface area contributed by atoms with Gasteiger partial charge in [0, 0.05) is 30.0 Å². The van der Waals surface area contributed by atoms with E-state index in [-0.39, 0.29) is 5.91 Å². The van der Waals surface area contributed by atoms with E-state index >= 15 is 0 Å². The van der Waals surface area contributed by atoms with Gasteiger partial charge in [-0.2, -0.15) is 11.8 Å². The second kappa shape index (κ2) is 6.20. The van der Waals surface area contributed by atoms with Crippen LogP contribution in [-0.2, 0) is 0 Å². The molecule has 1 amide bonds. The maximum atomic E-state index is 12.4. The Bertz CT molecular complexity index is 454. The fourth-order valence-electron chi connectivity index (χ4n) is 1.94. The number of hydrogen-bond acceptors (Lipinski definition) is 3. The molecule has 1 saturated heterocycles. The van der Waals surface area contributed by atoms with E-state index in [0.717, 1.165) is 36.6 Å². The topological polar surface area (TPSA) is 46.3 Å². The van der Waals surface area contributed by atoms with E-state index in [1.807, 2.05) is 34.9 Å². The molecule has 0 radical (unpaired) electrons. The molecule has 0 aromatic heterocycles. The van der Waals surface area contributed by atoms with E-state index in [0.29, 0.717) is 10.6 Å². The molecule has 0 bridgehead atoms. The number of nitrogens with two attached hydrogens (primary N) is 1. The van der Waals surface area contributed by atoms with Crippen molar-refractivity contribution >= 4 is 34.9 Å². The first-order chi connectivity index (χ1) is 8.68. The first-order valence-corrected chi connectivity index (χ1v) is 7.51. The van der Waals surface area contributed by atoms with Crippen LogP contribution in [0.4, 0.5) is 0 Å². The summed E-state index contributed by atoms with van der Waals surface area (Å²) in [6.07, 6.45) is 1.06. The molecule has 0 aliphatic carbocycles. The van der Waals surface area contributed by atoms with Gasteiger partial charge in [-0.15, -0.1) is 0 Å². The number of hydrogen-bond donors (Lipinski definition) is 1. The zero-order valence-electron chi connectivity index (χ0n) is 10.1. The molecule has 96 valence electrons. The summed E-state index contributed by atoms with van der Waals surface area (Å²) in [5.41, 5.74) is 7.01. The van der Waals surface area contributed by atoms with E-state index in [4.69, 9.17) is 18.0 Å². The van der Waals surface area contributed by atoms with Crippen molar-refractivity contribution in [3.63, 3.8) is 0 Å². The Morgan fingerprint density at radius 1 is 1.28 bits per heavy atom. The number of carbonyl (C=O) groups is 1. The van der Waals surface area contributed by atoms with Crippen molar-refractivity contribution in [3.05, 3.63) is 35.4 Å². The van der Waals surface area contributed by atoms with E-state index < -0.39 is 0 Å². The quantitative estimate of drug-likeness (QED) is 0.841. The van der Waals surface area contributed by atoms with Gasteiger partial charge in [0.05, 0.1) is 0 Å². The first-order valence-electron chi connectivity index (χ1n) is 5.95. The van der Waals surface area contributed by atoms with Crippen LogP contribution in [0, 0.1) is 0 Å². The zero-order valence-corrected chi connectivity index (χ0v) is 11.7. The fraction of sp³-hybridized carbons (Fsp3) is 0.385. The lowest BCUT2D eigenvalue weighted by molar-refractivity contribution is 0.0768. The summed E-state index contributed by atoms with van der Waals surface area (Å²) in [5, 5.41) is 0. The van der Waals surface area contributed by atoms with Crippen LogP contribution in [0.25, 0.3) is 0 Å². The Morgan fingerprint density at radius 2 is 2.06 bits per heavy atom. The minimum Gasteiger partial charge on any atom is -0.389 e. The summed E-state index contributed by atoms with van der Waals surface area (Å²) in [5.74, 6) is 2.23. The number of thiocarbonyl (C=S) groups is 1. The van der Waals surface area contributed by atoms with Gasteiger partial charge >= 0.3 is 0 Å². The average Bonchev–Trinajstić information content (AvgIpc) is 2.67. The molecule has 1 aromatic carbocycles. The highest BCUT2D eigenvalue weighted by Crippen LogP contribution is 2.14. The number of carbonyl (C=O) groups excluding carboxylic acids is 1. The Kier molecular flexibility index (Phi) is 4.60. The molecular formula is C13H16N2OS2. The smallest absolute Gasteiger partial charge is 0.253 e. The van der Waals surface area contributed by atoms with Crippen LogP contribution in [0.2, 0.25) is 0 Å². The summed E-state index contributed by atoms with van der Waals surface area (Å²) in [6, 6.07) is 7.26. The first kappa shape index (κ1) is 13.4. The van der Waals surface area contributed by atoms with Gasteiger partial charge in [-0.1, -0.05) is 24.4 Å². The van der Waals surface area contributed by atoms with Gasteiger partial charge in [-0.25, -0.2) is 0 Å². The monoisotopic (exact) mass is 280 g/mol. The van der Waals surface area contributed by atoms with Crippen molar-refractivity contribution in [2.45, 2.75) is 6.42 Å². The maximum absolute atomic E-state index is 12.4. The normalized spacial score (nSPS) is 16.1. The largest absolute Gasteiger partial charge is 0.389 e. The summed E-state index contributed by atoms with van der Waals surface area (Å²) in [6.45, 7) is 1.66. The van der Waals surface area contributed by atoms with Crippen LogP contribution in [0.1, 0.15) is 22.3 Å². The van der Waals surface area contributed by atoms with E-state index in [1.165, 1.54) is 0 Å². The van der Waals surface area contributed by atoms with Gasteiger partial charge in [0.25, 0.3) is 5.91 Å². The SMILES string of the molecule is NC(=S)c1cccc(C(=O)N2CCCSCC2)c1. The van der Waals surface area contributed by atoms with E-state index in [1.54, 1.807) is 6.07 Å². The van der Waals surface area contributed by atoms with Crippen LogP contribution < -0.4 is 5.73 Å². The number of rotatable bonds is 2. The lowest BCUT2D eigenvalue weighted by Crippen LogP contribution is -2.33. The molecule has 0 atom stereocenters. The van der Waals surface area contributed by atoms with Crippen molar-refractivity contribution in [3.8, 4) is 0 Å². The van der Waals surface area contributed by atoms with Crippen molar-refractivity contribution in [2.24, 2.45) is 5.73 Å². The molecular weight excluding hydrogens is 264 g/mol. The molecule has 2 rings (SSSR count). The molecule has 0 unspecified atom stereocenters. The summed E-state index contributed by atoms with van der Waals surface area (Å²) in [7, 11) is 0. The van der Waals surface area contributed by atoms with E-state index in [9.17, 15) is 4.79 Å². The van der Waals surface area contributed by atoms with Gasteiger partial charge in [-0.3, -0.25) is 4.79 Å². The van der Waals surface area contributed by atoms with Crippen molar-refractivity contribution in [1.82, 2.24) is 4.90 Å². The fourth-order valence-corrected chi connectivity index (χ4v) is 2.95. The molecule has 1 aliphatic heterocycles. The minimum atomic E-state index is 0.0793. The maximum Gasteiger partial charge on any atom is 0.253 e. The molecule has 0 spiro atoms. The molecule has 1 fully saturated rings. The molecule has 1 aromatic rings. The Morgan fingerprint density at radius 3 is 2.83 bits per heavy atom. The summed E-state index contributed by atoms with van der Waals surface area (Å²) >= 11 is 6.84. The highest BCUT2D eigenvalue weighted by atomic mass is 32.2. The van der Waals surface area contributed by atoms with Crippen LogP contribution in [0.5, 0.6) is 0 Å². The van der Waals surface area contributed by atoms with Gasteiger partial charge < -0.3 is 10.6 Å². The Hall–Kier alpha value is -1.07. The highest BCUT2D eigenvalue weighted by molar-refractivity contribution is 7.99. The van der Waals surface area contributed by atoms with Gasteiger partial charge in [0.15, 0.2) is 0 Å². The Balaban J connectivity index is 2.16. The second-order valence-corrected chi connectivity index (χ2v) is 5.87. The van der Waals surface area contributed by atoms with Crippen molar-refractivity contribution < 1.29 is 4.79 Å². The third kappa shape index (κ3) is 3.23. The molecule has 2 N–H and O–H groups in total. The Labute approximate surface area is 117 Å². The highest BCUT2D eigenvalue weighted by Gasteiger charge is 2.17. The van der Waals surface area contributed by atoms with Crippen LogP contribution >= 0.6 is 24.0 Å². The molecule has 1 aliphatic rings. The van der Waals surface area contributed by atoms with Crippen LogP contribution in [0.3, 0.4) is 0 Å².